The number of amides is 2. The largest absolute Gasteiger partial charge is 0.350 e. The van der Waals surface area contributed by atoms with Crippen LogP contribution < -0.4 is 10.2 Å². The van der Waals surface area contributed by atoms with Gasteiger partial charge in [0.15, 0.2) is 0 Å². The molecule has 4 aromatic carbocycles. The summed E-state index contributed by atoms with van der Waals surface area (Å²) in [5.41, 5.74) is 2.04. The molecule has 0 fully saturated rings. The van der Waals surface area contributed by atoms with Crippen molar-refractivity contribution < 1.29 is 14.0 Å². The minimum atomic E-state index is -0.454. The minimum Gasteiger partial charge on any atom is -0.350 e. The number of hydrogen-bond donors (Lipinski definition) is 1. The molecule has 0 saturated carbocycles. The quantitative estimate of drug-likeness (QED) is 0.462. The molecule has 5 rings (SSSR count). The topological polar surface area (TPSA) is 49.4 Å². The Morgan fingerprint density at radius 3 is 2.13 bits per heavy atom. The maximum Gasteiger partial charge on any atom is 0.282 e. The number of imide groups is 1. The summed E-state index contributed by atoms with van der Waals surface area (Å²) in [5, 5.41) is 4.83. The van der Waals surface area contributed by atoms with Crippen molar-refractivity contribution in [1.82, 2.24) is 0 Å². The molecule has 0 unspecified atom stereocenters. The second-order valence-corrected chi connectivity index (χ2v) is 7.19. The Labute approximate surface area is 178 Å². The third kappa shape index (κ3) is 3.26. The van der Waals surface area contributed by atoms with Gasteiger partial charge in [-0.3, -0.25) is 9.59 Å². The SMILES string of the molecule is O=C1C(Nc2ccccc2)=C(c2ccc(F)cc2)C(=O)N1c1cccc2ccccc12. The highest BCUT2D eigenvalue weighted by molar-refractivity contribution is 6.47. The van der Waals surface area contributed by atoms with Gasteiger partial charge < -0.3 is 5.32 Å². The van der Waals surface area contributed by atoms with E-state index < -0.39 is 17.6 Å². The second-order valence-electron chi connectivity index (χ2n) is 7.19. The average Bonchev–Trinajstić information content (AvgIpc) is 3.04. The smallest absolute Gasteiger partial charge is 0.282 e. The number of fused-ring (bicyclic) bond motifs is 1. The van der Waals surface area contributed by atoms with Crippen LogP contribution in [0.4, 0.5) is 15.8 Å². The van der Waals surface area contributed by atoms with E-state index in [0.717, 1.165) is 10.8 Å². The zero-order chi connectivity index (χ0) is 21.4. The lowest BCUT2D eigenvalue weighted by Crippen LogP contribution is -2.32. The Morgan fingerprint density at radius 1 is 0.677 bits per heavy atom. The van der Waals surface area contributed by atoms with Gasteiger partial charge in [-0.15, -0.1) is 0 Å². The molecule has 1 heterocycles. The van der Waals surface area contributed by atoms with Crippen molar-refractivity contribution in [1.29, 1.82) is 0 Å². The van der Waals surface area contributed by atoms with E-state index >= 15 is 0 Å². The molecule has 4 aromatic rings. The van der Waals surface area contributed by atoms with Gasteiger partial charge in [0.25, 0.3) is 11.8 Å². The summed E-state index contributed by atoms with van der Waals surface area (Å²) >= 11 is 0. The number of anilines is 2. The predicted molar refractivity (Wildman–Crippen MR) is 120 cm³/mol. The summed E-state index contributed by atoms with van der Waals surface area (Å²) < 4.78 is 13.5. The molecule has 0 atom stereocenters. The lowest BCUT2D eigenvalue weighted by Gasteiger charge is -2.17. The Balaban J connectivity index is 1.67. The highest BCUT2D eigenvalue weighted by atomic mass is 19.1. The predicted octanol–water partition coefficient (Wildman–Crippen LogP) is 5.38. The van der Waals surface area contributed by atoms with Crippen LogP contribution in [0.2, 0.25) is 0 Å². The van der Waals surface area contributed by atoms with Crippen LogP contribution in [-0.2, 0) is 9.59 Å². The van der Waals surface area contributed by atoms with Gasteiger partial charge >= 0.3 is 0 Å². The van der Waals surface area contributed by atoms with E-state index in [0.29, 0.717) is 16.9 Å². The molecule has 0 aliphatic carbocycles. The van der Waals surface area contributed by atoms with Gasteiger partial charge in [0.1, 0.15) is 11.5 Å². The van der Waals surface area contributed by atoms with Gasteiger partial charge in [-0.2, -0.15) is 0 Å². The van der Waals surface area contributed by atoms with Crippen molar-refractivity contribution in [2.45, 2.75) is 0 Å². The third-order valence-corrected chi connectivity index (χ3v) is 5.27. The van der Waals surface area contributed by atoms with E-state index in [1.165, 1.54) is 29.2 Å². The maximum absolute atomic E-state index is 13.6. The van der Waals surface area contributed by atoms with Crippen molar-refractivity contribution in [3.63, 3.8) is 0 Å². The Bertz CT molecular complexity index is 1340. The van der Waals surface area contributed by atoms with Crippen molar-refractivity contribution in [2.75, 3.05) is 10.2 Å². The van der Waals surface area contributed by atoms with Crippen LogP contribution in [0.15, 0.2) is 103 Å². The van der Waals surface area contributed by atoms with Crippen LogP contribution in [0.5, 0.6) is 0 Å². The van der Waals surface area contributed by atoms with Gasteiger partial charge in [0.05, 0.1) is 11.3 Å². The molecule has 31 heavy (non-hydrogen) atoms. The number of carbonyl (C=O) groups excluding carboxylic acids is 2. The fraction of sp³-hybridized carbons (Fsp3) is 0. The molecule has 0 bridgehead atoms. The zero-order valence-electron chi connectivity index (χ0n) is 16.4. The van der Waals surface area contributed by atoms with Crippen LogP contribution in [0.1, 0.15) is 5.56 Å². The number of benzene rings is 4. The maximum atomic E-state index is 13.6. The molecular weight excluding hydrogens is 391 g/mol. The fourth-order valence-corrected chi connectivity index (χ4v) is 3.82. The van der Waals surface area contributed by atoms with Crippen LogP contribution in [0.25, 0.3) is 16.3 Å². The van der Waals surface area contributed by atoms with Gasteiger partial charge in [-0.05, 0) is 41.3 Å². The van der Waals surface area contributed by atoms with Crippen LogP contribution in [0, 0.1) is 5.82 Å². The molecular formula is C26H17FN2O2. The summed E-state index contributed by atoms with van der Waals surface area (Å²) in [4.78, 5) is 28.3. The van der Waals surface area contributed by atoms with E-state index in [-0.39, 0.29) is 11.3 Å². The number of carbonyl (C=O) groups is 2. The molecule has 0 aromatic heterocycles. The summed E-state index contributed by atoms with van der Waals surface area (Å²) in [7, 11) is 0. The molecule has 150 valence electrons. The van der Waals surface area contributed by atoms with E-state index in [2.05, 4.69) is 5.32 Å². The van der Waals surface area contributed by atoms with E-state index in [4.69, 9.17) is 0 Å². The fourth-order valence-electron chi connectivity index (χ4n) is 3.82. The Kier molecular flexibility index (Phi) is 4.56. The average molecular weight is 408 g/mol. The second kappa shape index (κ2) is 7.54. The summed E-state index contributed by atoms with van der Waals surface area (Å²) in [6.07, 6.45) is 0. The normalized spacial score (nSPS) is 13.9. The van der Waals surface area contributed by atoms with E-state index in [1.54, 1.807) is 6.07 Å². The van der Waals surface area contributed by atoms with Gasteiger partial charge in [-0.1, -0.05) is 66.7 Å². The minimum absolute atomic E-state index is 0.163. The number of para-hydroxylation sites is 1. The highest BCUT2D eigenvalue weighted by Crippen LogP contribution is 2.36. The monoisotopic (exact) mass is 408 g/mol. The molecule has 0 saturated heterocycles. The first-order chi connectivity index (χ1) is 15.1. The lowest BCUT2D eigenvalue weighted by atomic mass is 10.0. The van der Waals surface area contributed by atoms with Crippen LogP contribution in [-0.4, -0.2) is 11.8 Å². The van der Waals surface area contributed by atoms with Gasteiger partial charge in [0, 0.05) is 11.1 Å². The molecule has 1 N–H and O–H groups in total. The van der Waals surface area contributed by atoms with E-state index in [1.807, 2.05) is 66.7 Å². The summed E-state index contributed by atoms with van der Waals surface area (Å²) in [6.45, 7) is 0. The molecule has 1 aliphatic rings. The molecule has 4 nitrogen and oxygen atoms in total. The number of hydrogen-bond acceptors (Lipinski definition) is 3. The van der Waals surface area contributed by atoms with Gasteiger partial charge in [-0.25, -0.2) is 9.29 Å². The number of halogens is 1. The molecule has 0 radical (unpaired) electrons. The Hall–Kier alpha value is -4.25. The van der Waals surface area contributed by atoms with Crippen molar-refractivity contribution >= 4 is 39.5 Å². The van der Waals surface area contributed by atoms with Crippen LogP contribution >= 0.6 is 0 Å². The molecule has 2 amide bonds. The first kappa shape index (κ1) is 18.8. The summed E-state index contributed by atoms with van der Waals surface area (Å²) in [5.74, 6) is -1.32. The van der Waals surface area contributed by atoms with Crippen molar-refractivity contribution in [3.8, 4) is 0 Å². The van der Waals surface area contributed by atoms with E-state index in [9.17, 15) is 14.0 Å². The highest BCUT2D eigenvalue weighted by Gasteiger charge is 2.40. The number of nitrogens with one attached hydrogen (secondary N) is 1. The first-order valence-corrected chi connectivity index (χ1v) is 9.82. The van der Waals surface area contributed by atoms with Crippen molar-refractivity contribution in [3.05, 3.63) is 114 Å². The molecule has 5 heteroatoms. The Morgan fingerprint density at radius 2 is 1.35 bits per heavy atom. The molecule has 0 spiro atoms. The first-order valence-electron chi connectivity index (χ1n) is 9.82. The summed E-state index contributed by atoms with van der Waals surface area (Å²) in [6, 6.07) is 27.8. The standard InChI is InChI=1S/C26H17FN2O2/c27-19-15-13-18(14-16-19)23-24(28-20-9-2-1-3-10-20)26(31)29(25(23)30)22-12-6-8-17-7-4-5-11-21(17)22/h1-16,28H. The number of rotatable bonds is 4. The number of nitrogens with zero attached hydrogens (tertiary/aromatic N) is 1. The molecule has 1 aliphatic heterocycles. The third-order valence-electron chi connectivity index (χ3n) is 5.27. The zero-order valence-corrected chi connectivity index (χ0v) is 16.4. The van der Waals surface area contributed by atoms with Gasteiger partial charge in [0.2, 0.25) is 0 Å². The lowest BCUT2D eigenvalue weighted by molar-refractivity contribution is -0.120. The van der Waals surface area contributed by atoms with Crippen LogP contribution in [0.3, 0.4) is 0 Å². The van der Waals surface area contributed by atoms with Crippen molar-refractivity contribution in [2.24, 2.45) is 0 Å².